The molecular weight excluding hydrogens is 214 g/mol. The molecular formula is C12H19N5. The zero-order valence-electron chi connectivity index (χ0n) is 10.5. The van der Waals surface area contributed by atoms with Crippen LogP contribution in [0, 0.1) is 34.1 Å². The molecule has 0 aromatic carbocycles. The summed E-state index contributed by atoms with van der Waals surface area (Å²) in [6.45, 7) is 5.88. The van der Waals surface area contributed by atoms with Crippen LogP contribution >= 0.6 is 0 Å². The number of rotatable bonds is 2. The maximum atomic E-state index is 8.94. The molecule has 1 heterocycles. The van der Waals surface area contributed by atoms with Crippen LogP contribution in [0.5, 0.6) is 0 Å². The highest BCUT2D eigenvalue weighted by molar-refractivity contribution is 5.79. The van der Waals surface area contributed by atoms with E-state index in [1.807, 2.05) is 4.90 Å². The number of likely N-dealkylation sites (tertiary alicyclic amines) is 1. The van der Waals surface area contributed by atoms with Crippen molar-refractivity contribution in [1.82, 2.24) is 4.90 Å². The van der Waals surface area contributed by atoms with Crippen molar-refractivity contribution in [2.24, 2.45) is 22.1 Å². The van der Waals surface area contributed by atoms with Gasteiger partial charge in [-0.3, -0.25) is 0 Å². The molecule has 92 valence electrons. The standard InChI is InChI=1S/C12H19N5/c1-10(2)12(3-6-13)4-7-17(8-5-12)11(15)16-9-14/h10H,3-5,7-8H2,1-2H3,(H2,15,16). The van der Waals surface area contributed by atoms with Crippen LogP contribution in [0.3, 0.4) is 0 Å². The number of nitriles is 2. The fourth-order valence-electron chi connectivity index (χ4n) is 2.42. The molecule has 17 heavy (non-hydrogen) atoms. The van der Waals surface area contributed by atoms with Gasteiger partial charge in [0.1, 0.15) is 0 Å². The van der Waals surface area contributed by atoms with E-state index >= 15 is 0 Å². The van der Waals surface area contributed by atoms with Crippen LogP contribution in [0.15, 0.2) is 4.99 Å². The Morgan fingerprint density at radius 1 is 1.41 bits per heavy atom. The molecule has 0 spiro atoms. The monoisotopic (exact) mass is 233 g/mol. The SMILES string of the molecule is CC(C)C1(CC#N)CCN(/C(N)=N/C#N)CC1. The van der Waals surface area contributed by atoms with Gasteiger partial charge < -0.3 is 10.6 Å². The van der Waals surface area contributed by atoms with Gasteiger partial charge in [0.15, 0.2) is 0 Å². The number of hydrogen-bond donors (Lipinski definition) is 1. The third-order valence-electron chi connectivity index (χ3n) is 3.90. The van der Waals surface area contributed by atoms with Crippen LogP contribution in [0.4, 0.5) is 0 Å². The predicted octanol–water partition coefficient (Wildman–Crippen LogP) is 1.43. The first-order valence-corrected chi connectivity index (χ1v) is 5.90. The summed E-state index contributed by atoms with van der Waals surface area (Å²) in [6, 6.07) is 2.30. The summed E-state index contributed by atoms with van der Waals surface area (Å²) in [5.41, 5.74) is 5.78. The molecule has 0 aliphatic carbocycles. The number of nitrogens with two attached hydrogens (primary N) is 1. The fraction of sp³-hybridized carbons (Fsp3) is 0.750. The Morgan fingerprint density at radius 3 is 2.41 bits per heavy atom. The molecule has 0 bridgehead atoms. The van der Waals surface area contributed by atoms with Crippen LogP contribution < -0.4 is 5.73 Å². The van der Waals surface area contributed by atoms with Gasteiger partial charge in [-0.2, -0.15) is 10.5 Å². The molecule has 1 aliphatic rings. The third-order valence-corrected chi connectivity index (χ3v) is 3.90. The summed E-state index contributed by atoms with van der Waals surface area (Å²) < 4.78 is 0. The molecule has 0 atom stereocenters. The van der Waals surface area contributed by atoms with Crippen LogP contribution in [0.1, 0.15) is 33.1 Å². The number of piperidine rings is 1. The summed E-state index contributed by atoms with van der Waals surface area (Å²) in [7, 11) is 0. The van der Waals surface area contributed by atoms with E-state index in [9.17, 15) is 0 Å². The second-order valence-corrected chi connectivity index (χ2v) is 4.91. The molecule has 1 aliphatic heterocycles. The number of nitrogens with zero attached hydrogens (tertiary/aromatic N) is 4. The molecule has 0 aromatic heterocycles. The van der Waals surface area contributed by atoms with Crippen molar-refractivity contribution in [3.63, 3.8) is 0 Å². The minimum atomic E-state index is 0.0954. The quantitative estimate of drug-likeness (QED) is 0.444. The fourth-order valence-corrected chi connectivity index (χ4v) is 2.42. The van der Waals surface area contributed by atoms with Gasteiger partial charge in [0.2, 0.25) is 12.2 Å². The van der Waals surface area contributed by atoms with Crippen molar-refractivity contribution >= 4 is 5.96 Å². The van der Waals surface area contributed by atoms with E-state index in [-0.39, 0.29) is 5.41 Å². The number of hydrogen-bond acceptors (Lipinski definition) is 3. The van der Waals surface area contributed by atoms with Crippen molar-refractivity contribution in [1.29, 1.82) is 10.5 Å². The van der Waals surface area contributed by atoms with Crippen LogP contribution in [0.2, 0.25) is 0 Å². The lowest BCUT2D eigenvalue weighted by atomic mass is 9.68. The van der Waals surface area contributed by atoms with Crippen molar-refractivity contribution in [2.75, 3.05) is 13.1 Å². The van der Waals surface area contributed by atoms with E-state index in [1.54, 1.807) is 6.19 Å². The molecule has 0 saturated carbocycles. The van der Waals surface area contributed by atoms with E-state index in [0.717, 1.165) is 25.9 Å². The Hall–Kier alpha value is -1.75. The number of guanidine groups is 1. The van der Waals surface area contributed by atoms with E-state index in [0.29, 0.717) is 18.3 Å². The zero-order valence-corrected chi connectivity index (χ0v) is 10.5. The van der Waals surface area contributed by atoms with Crippen molar-refractivity contribution in [3.05, 3.63) is 0 Å². The largest absolute Gasteiger partial charge is 0.369 e. The predicted molar refractivity (Wildman–Crippen MR) is 65.5 cm³/mol. The summed E-state index contributed by atoms with van der Waals surface area (Å²) in [5.74, 6) is 0.778. The lowest BCUT2D eigenvalue weighted by Crippen LogP contribution is -2.47. The zero-order chi connectivity index (χ0) is 12.9. The highest BCUT2D eigenvalue weighted by Gasteiger charge is 2.37. The van der Waals surface area contributed by atoms with Gasteiger partial charge in [0, 0.05) is 19.5 Å². The molecule has 0 amide bonds. The van der Waals surface area contributed by atoms with Crippen LogP contribution in [-0.2, 0) is 0 Å². The first kappa shape index (κ1) is 13.3. The molecule has 1 fully saturated rings. The Morgan fingerprint density at radius 2 is 2.00 bits per heavy atom. The van der Waals surface area contributed by atoms with Gasteiger partial charge in [-0.05, 0) is 24.2 Å². The Balaban J connectivity index is 2.69. The Labute approximate surface area is 103 Å². The summed E-state index contributed by atoms with van der Waals surface area (Å²) in [6.07, 6.45) is 4.15. The van der Waals surface area contributed by atoms with Crippen molar-refractivity contribution < 1.29 is 0 Å². The minimum Gasteiger partial charge on any atom is -0.369 e. The summed E-state index contributed by atoms with van der Waals surface area (Å²) >= 11 is 0. The number of aliphatic imine (C=N–C) groups is 1. The first-order valence-electron chi connectivity index (χ1n) is 5.90. The van der Waals surface area contributed by atoms with Crippen LogP contribution in [-0.4, -0.2) is 23.9 Å². The third kappa shape index (κ3) is 2.88. The van der Waals surface area contributed by atoms with Gasteiger partial charge in [0.05, 0.1) is 6.07 Å². The Kier molecular flexibility index (Phi) is 4.34. The molecule has 0 unspecified atom stereocenters. The van der Waals surface area contributed by atoms with Gasteiger partial charge in [-0.15, -0.1) is 4.99 Å². The second kappa shape index (κ2) is 5.54. The van der Waals surface area contributed by atoms with E-state index < -0.39 is 0 Å². The lowest BCUT2D eigenvalue weighted by Gasteiger charge is -2.43. The topological polar surface area (TPSA) is 89.2 Å². The molecule has 1 rings (SSSR count). The maximum absolute atomic E-state index is 8.94. The van der Waals surface area contributed by atoms with E-state index in [1.165, 1.54) is 0 Å². The normalized spacial score (nSPS) is 19.8. The highest BCUT2D eigenvalue weighted by Crippen LogP contribution is 2.41. The van der Waals surface area contributed by atoms with E-state index in [2.05, 4.69) is 24.9 Å². The van der Waals surface area contributed by atoms with Gasteiger partial charge >= 0.3 is 0 Å². The molecule has 5 heteroatoms. The molecule has 2 N–H and O–H groups in total. The average molecular weight is 233 g/mol. The molecule has 1 saturated heterocycles. The average Bonchev–Trinajstić information content (AvgIpc) is 2.30. The van der Waals surface area contributed by atoms with Gasteiger partial charge in [0.25, 0.3) is 0 Å². The summed E-state index contributed by atoms with van der Waals surface area (Å²) in [4.78, 5) is 5.47. The molecule has 0 aromatic rings. The smallest absolute Gasteiger partial charge is 0.209 e. The first-order chi connectivity index (χ1) is 8.05. The van der Waals surface area contributed by atoms with Crippen molar-refractivity contribution in [2.45, 2.75) is 33.1 Å². The van der Waals surface area contributed by atoms with Crippen molar-refractivity contribution in [3.8, 4) is 12.3 Å². The second-order valence-electron chi connectivity index (χ2n) is 4.91. The van der Waals surface area contributed by atoms with Crippen LogP contribution in [0.25, 0.3) is 0 Å². The Bertz CT molecular complexity index is 363. The molecule has 5 nitrogen and oxygen atoms in total. The lowest BCUT2D eigenvalue weighted by molar-refractivity contribution is 0.0956. The maximum Gasteiger partial charge on any atom is 0.209 e. The highest BCUT2D eigenvalue weighted by atomic mass is 15.3. The summed E-state index contributed by atoms with van der Waals surface area (Å²) in [5, 5.41) is 17.4. The molecule has 0 radical (unpaired) electrons. The van der Waals surface area contributed by atoms with E-state index in [4.69, 9.17) is 16.3 Å². The van der Waals surface area contributed by atoms with Gasteiger partial charge in [-0.1, -0.05) is 13.8 Å². The minimum absolute atomic E-state index is 0.0954. The van der Waals surface area contributed by atoms with Gasteiger partial charge in [-0.25, -0.2) is 0 Å².